The molecular formula is C24H23N3O4. The molecule has 0 radical (unpaired) electrons. The Morgan fingerprint density at radius 3 is 2.77 bits per heavy atom. The Labute approximate surface area is 178 Å². The number of aromatic amines is 2. The molecule has 4 N–H and O–H groups in total. The van der Waals surface area contributed by atoms with Gasteiger partial charge in [-0.25, -0.2) is 4.98 Å². The number of ketones is 1. The summed E-state index contributed by atoms with van der Waals surface area (Å²) in [6.45, 7) is 3.77. The van der Waals surface area contributed by atoms with Gasteiger partial charge in [0.25, 0.3) is 0 Å². The fourth-order valence-corrected chi connectivity index (χ4v) is 4.32. The third-order valence-corrected chi connectivity index (χ3v) is 5.98. The standard InChI is InChI=1S/C24H23N3O4/c1-24(2)18-10-15(31-12-14(29)11-28)4-6-16(18)21(30)20-17-5-3-13(23-25-7-8-26-23)9-19(17)27-22(20)24/h3-10,14,27-29H,11-12H2,1-2H3,(H,25,26)/t14-/m0/s1. The molecule has 0 spiro atoms. The zero-order valence-corrected chi connectivity index (χ0v) is 17.3. The summed E-state index contributed by atoms with van der Waals surface area (Å²) in [6.07, 6.45) is 2.54. The van der Waals surface area contributed by atoms with Crippen molar-refractivity contribution in [1.29, 1.82) is 0 Å². The molecule has 1 aliphatic carbocycles. The Bertz CT molecular complexity index is 1290. The Kier molecular flexibility index (Phi) is 4.46. The number of aliphatic hydroxyl groups is 2. The first-order valence-corrected chi connectivity index (χ1v) is 10.2. The molecule has 1 aliphatic rings. The fraction of sp³-hybridized carbons (Fsp3) is 0.250. The smallest absolute Gasteiger partial charge is 0.195 e. The summed E-state index contributed by atoms with van der Waals surface area (Å²) in [5.74, 6) is 1.30. The van der Waals surface area contributed by atoms with Crippen LogP contribution in [-0.4, -0.2) is 50.3 Å². The van der Waals surface area contributed by atoms with Crippen molar-refractivity contribution in [1.82, 2.24) is 15.0 Å². The zero-order chi connectivity index (χ0) is 21.8. The SMILES string of the molecule is CC1(C)c2cc(OC[C@@H](O)CO)ccc2C(=O)c2c1[nH]c1cc(-c3ncc[nH]3)ccc21. The lowest BCUT2D eigenvalue weighted by Crippen LogP contribution is -2.30. The summed E-state index contributed by atoms with van der Waals surface area (Å²) >= 11 is 0. The predicted molar refractivity (Wildman–Crippen MR) is 116 cm³/mol. The summed E-state index contributed by atoms with van der Waals surface area (Å²) in [5, 5.41) is 19.4. The largest absolute Gasteiger partial charge is 0.491 e. The van der Waals surface area contributed by atoms with Crippen molar-refractivity contribution in [2.24, 2.45) is 0 Å². The minimum Gasteiger partial charge on any atom is -0.491 e. The van der Waals surface area contributed by atoms with Crippen LogP contribution >= 0.6 is 0 Å². The molecule has 1 atom stereocenters. The zero-order valence-electron chi connectivity index (χ0n) is 17.3. The molecule has 2 aromatic carbocycles. The van der Waals surface area contributed by atoms with Crippen LogP contribution in [0.1, 0.15) is 41.0 Å². The number of nitrogens with zero attached hydrogens (tertiary/aromatic N) is 1. The van der Waals surface area contributed by atoms with Crippen LogP contribution in [0.15, 0.2) is 48.8 Å². The van der Waals surface area contributed by atoms with E-state index in [1.165, 1.54) is 0 Å². The van der Waals surface area contributed by atoms with Crippen molar-refractivity contribution in [3.05, 3.63) is 71.2 Å². The minimum absolute atomic E-state index is 0.0170. The van der Waals surface area contributed by atoms with Gasteiger partial charge in [0.05, 0.1) is 12.2 Å². The second-order valence-corrected chi connectivity index (χ2v) is 8.38. The molecule has 31 heavy (non-hydrogen) atoms. The highest BCUT2D eigenvalue weighted by Crippen LogP contribution is 2.45. The van der Waals surface area contributed by atoms with Crippen LogP contribution < -0.4 is 4.74 Å². The number of benzene rings is 2. The molecule has 0 fully saturated rings. The second kappa shape index (κ2) is 7.08. The number of rotatable bonds is 5. The summed E-state index contributed by atoms with van der Waals surface area (Å²) < 4.78 is 5.62. The molecule has 0 amide bonds. The molecule has 2 aromatic heterocycles. The molecular weight excluding hydrogens is 394 g/mol. The number of ether oxygens (including phenoxy) is 1. The van der Waals surface area contributed by atoms with Crippen LogP contribution in [0, 0.1) is 0 Å². The van der Waals surface area contributed by atoms with E-state index in [1.807, 2.05) is 24.3 Å². The highest BCUT2D eigenvalue weighted by molar-refractivity contribution is 6.20. The molecule has 0 saturated heterocycles. The number of hydrogen-bond donors (Lipinski definition) is 4. The monoisotopic (exact) mass is 417 g/mol. The summed E-state index contributed by atoms with van der Waals surface area (Å²) in [7, 11) is 0. The van der Waals surface area contributed by atoms with Gasteiger partial charge in [-0.3, -0.25) is 4.79 Å². The molecule has 158 valence electrons. The Hall–Kier alpha value is -3.42. The number of carbonyl (C=O) groups is 1. The van der Waals surface area contributed by atoms with Gasteiger partial charge in [-0.15, -0.1) is 0 Å². The molecule has 7 heteroatoms. The second-order valence-electron chi connectivity index (χ2n) is 8.38. The third kappa shape index (κ3) is 3.05. The van der Waals surface area contributed by atoms with Crippen LogP contribution in [0.25, 0.3) is 22.3 Å². The van der Waals surface area contributed by atoms with Crippen molar-refractivity contribution >= 4 is 16.7 Å². The normalized spacial score (nSPS) is 15.5. The van der Waals surface area contributed by atoms with E-state index in [4.69, 9.17) is 9.84 Å². The van der Waals surface area contributed by atoms with Crippen LogP contribution in [-0.2, 0) is 5.41 Å². The highest BCUT2D eigenvalue weighted by atomic mass is 16.5. The van der Waals surface area contributed by atoms with Gasteiger partial charge in [-0.05, 0) is 29.8 Å². The molecule has 2 heterocycles. The topological polar surface area (TPSA) is 111 Å². The van der Waals surface area contributed by atoms with E-state index >= 15 is 0 Å². The van der Waals surface area contributed by atoms with Gasteiger partial charge in [-0.1, -0.05) is 26.0 Å². The summed E-state index contributed by atoms with van der Waals surface area (Å²) in [4.78, 5) is 24.4. The molecule has 0 saturated carbocycles. The van der Waals surface area contributed by atoms with Gasteiger partial charge in [0.15, 0.2) is 5.78 Å². The van der Waals surface area contributed by atoms with E-state index < -0.39 is 11.5 Å². The molecule has 4 aromatic rings. The fourth-order valence-electron chi connectivity index (χ4n) is 4.32. The number of nitrogens with one attached hydrogen (secondary N) is 2. The Balaban J connectivity index is 1.60. The lowest BCUT2D eigenvalue weighted by molar-refractivity contribution is 0.0535. The van der Waals surface area contributed by atoms with Gasteiger partial charge in [0, 0.05) is 45.5 Å². The van der Waals surface area contributed by atoms with E-state index in [1.54, 1.807) is 24.5 Å². The quantitative estimate of drug-likeness (QED) is 0.399. The molecule has 0 unspecified atom stereocenters. The summed E-state index contributed by atoms with van der Waals surface area (Å²) in [5.41, 5.74) is 4.43. The molecule has 0 bridgehead atoms. The summed E-state index contributed by atoms with van der Waals surface area (Å²) in [6, 6.07) is 11.3. The first-order valence-electron chi connectivity index (χ1n) is 10.2. The maximum Gasteiger partial charge on any atom is 0.195 e. The number of fused-ring (bicyclic) bond motifs is 4. The Morgan fingerprint density at radius 2 is 2.03 bits per heavy atom. The van der Waals surface area contributed by atoms with E-state index in [2.05, 4.69) is 28.8 Å². The van der Waals surface area contributed by atoms with Gasteiger partial charge in [0.1, 0.15) is 24.3 Å². The van der Waals surface area contributed by atoms with Crippen molar-refractivity contribution in [3.63, 3.8) is 0 Å². The number of H-pyrrole nitrogens is 2. The van der Waals surface area contributed by atoms with Gasteiger partial charge in [0.2, 0.25) is 0 Å². The average Bonchev–Trinajstić information content (AvgIpc) is 3.44. The first kappa shape index (κ1) is 19.5. The number of hydrogen-bond acceptors (Lipinski definition) is 5. The van der Waals surface area contributed by atoms with E-state index in [0.717, 1.165) is 33.5 Å². The van der Waals surface area contributed by atoms with Crippen LogP contribution in [0.5, 0.6) is 5.75 Å². The van der Waals surface area contributed by atoms with Crippen molar-refractivity contribution in [2.45, 2.75) is 25.4 Å². The van der Waals surface area contributed by atoms with Crippen molar-refractivity contribution < 1.29 is 19.7 Å². The van der Waals surface area contributed by atoms with Crippen LogP contribution in [0.2, 0.25) is 0 Å². The van der Waals surface area contributed by atoms with E-state index in [-0.39, 0.29) is 19.0 Å². The van der Waals surface area contributed by atoms with Gasteiger partial charge < -0.3 is 24.9 Å². The number of imidazole rings is 1. The van der Waals surface area contributed by atoms with Crippen molar-refractivity contribution in [3.8, 4) is 17.1 Å². The lowest BCUT2D eigenvalue weighted by atomic mass is 9.71. The van der Waals surface area contributed by atoms with Crippen LogP contribution in [0.3, 0.4) is 0 Å². The highest BCUT2D eigenvalue weighted by Gasteiger charge is 2.39. The minimum atomic E-state index is -0.950. The van der Waals surface area contributed by atoms with E-state index in [0.29, 0.717) is 16.9 Å². The molecule has 0 aliphatic heterocycles. The third-order valence-electron chi connectivity index (χ3n) is 5.98. The molecule has 7 nitrogen and oxygen atoms in total. The maximum absolute atomic E-state index is 13.5. The predicted octanol–water partition coefficient (Wildman–Crippen LogP) is 3.16. The molecule has 5 rings (SSSR count). The van der Waals surface area contributed by atoms with E-state index in [9.17, 15) is 9.90 Å². The lowest BCUT2D eigenvalue weighted by Gasteiger charge is -2.32. The maximum atomic E-state index is 13.5. The number of aromatic nitrogens is 3. The number of carbonyl (C=O) groups excluding carboxylic acids is 1. The first-order chi connectivity index (χ1) is 14.9. The van der Waals surface area contributed by atoms with Crippen LogP contribution in [0.4, 0.5) is 0 Å². The van der Waals surface area contributed by atoms with Crippen molar-refractivity contribution in [2.75, 3.05) is 13.2 Å². The Morgan fingerprint density at radius 1 is 1.19 bits per heavy atom. The van der Waals surface area contributed by atoms with Gasteiger partial charge >= 0.3 is 0 Å². The number of aliphatic hydroxyl groups excluding tert-OH is 2. The van der Waals surface area contributed by atoms with Gasteiger partial charge in [-0.2, -0.15) is 0 Å². The average molecular weight is 417 g/mol.